The highest BCUT2D eigenvalue weighted by Gasteiger charge is 2.43. The van der Waals surface area contributed by atoms with Gasteiger partial charge in [0.15, 0.2) is 5.67 Å². The molecule has 0 aliphatic heterocycles. The van der Waals surface area contributed by atoms with Gasteiger partial charge in [0.05, 0.1) is 5.92 Å². The Morgan fingerprint density at radius 2 is 1.95 bits per heavy atom. The zero-order valence-electron chi connectivity index (χ0n) is 10.9. The van der Waals surface area contributed by atoms with Crippen molar-refractivity contribution in [3.05, 3.63) is 52.0 Å². The Labute approximate surface area is 127 Å². The van der Waals surface area contributed by atoms with Crippen molar-refractivity contribution in [2.45, 2.75) is 19.0 Å². The van der Waals surface area contributed by atoms with Gasteiger partial charge >= 0.3 is 0 Å². The topological polar surface area (TPSA) is 43.1 Å². The molecule has 0 aromatic heterocycles. The first-order chi connectivity index (χ1) is 9.34. The highest BCUT2D eigenvalue weighted by molar-refractivity contribution is 6.34. The second kappa shape index (κ2) is 5.58. The highest BCUT2D eigenvalue weighted by Crippen LogP contribution is 2.43. The Kier molecular flexibility index (Phi) is 4.21. The molecule has 106 valence electrons. The van der Waals surface area contributed by atoms with E-state index in [1.54, 1.807) is 36.4 Å². The van der Waals surface area contributed by atoms with Crippen LogP contribution in [0.4, 0.5) is 4.39 Å². The number of rotatable bonds is 3. The van der Waals surface area contributed by atoms with Gasteiger partial charge in [-0.1, -0.05) is 48.4 Å². The van der Waals surface area contributed by atoms with Gasteiger partial charge in [-0.3, -0.25) is 4.79 Å². The van der Waals surface area contributed by atoms with E-state index < -0.39 is 17.5 Å². The lowest BCUT2D eigenvalue weighted by molar-refractivity contribution is -0.124. The quantitative estimate of drug-likeness (QED) is 0.894. The van der Waals surface area contributed by atoms with Crippen LogP contribution in [-0.4, -0.2) is 11.6 Å². The number of hydrogen-bond acceptors (Lipinski definition) is 1. The Balaban J connectivity index is 2.53. The summed E-state index contributed by atoms with van der Waals surface area (Å²) < 4.78 is 15.3. The van der Waals surface area contributed by atoms with Gasteiger partial charge in [-0.25, -0.2) is 4.39 Å². The molecule has 1 aromatic carbocycles. The zero-order chi connectivity index (χ0) is 14.9. The van der Waals surface area contributed by atoms with Crippen molar-refractivity contribution < 1.29 is 9.18 Å². The van der Waals surface area contributed by atoms with E-state index in [0.717, 1.165) is 0 Å². The summed E-state index contributed by atoms with van der Waals surface area (Å²) in [5.41, 5.74) is 4.35. The summed E-state index contributed by atoms with van der Waals surface area (Å²) in [6, 6.07) is 4.82. The lowest BCUT2D eigenvalue weighted by Crippen LogP contribution is -2.41. The average Bonchev–Trinajstić information content (AvgIpc) is 2.37. The fraction of sp³-hybridized carbons (Fsp3) is 0.267. The number of benzene rings is 1. The third-order valence-electron chi connectivity index (χ3n) is 3.55. The Morgan fingerprint density at radius 1 is 1.35 bits per heavy atom. The Morgan fingerprint density at radius 3 is 2.50 bits per heavy atom. The van der Waals surface area contributed by atoms with E-state index in [2.05, 4.69) is 0 Å². The molecule has 0 saturated carbocycles. The van der Waals surface area contributed by atoms with Crippen molar-refractivity contribution in [2.24, 2.45) is 11.7 Å². The second-order valence-electron chi connectivity index (χ2n) is 4.86. The standard InChI is InChI=1S/C15H14Cl2FNO/c1-9(14(19)20)15(18)5-3-2-4-13(15)10-6-11(16)8-12(17)7-10/h2-4,6-9H,5H2,1H3,(H2,19,20). The molecule has 0 saturated heterocycles. The molecule has 1 amide bonds. The fourth-order valence-electron chi connectivity index (χ4n) is 2.33. The van der Waals surface area contributed by atoms with Gasteiger partial charge < -0.3 is 5.73 Å². The van der Waals surface area contributed by atoms with Gasteiger partial charge in [-0.05, 0) is 29.3 Å². The van der Waals surface area contributed by atoms with Crippen molar-refractivity contribution >= 4 is 34.7 Å². The summed E-state index contributed by atoms with van der Waals surface area (Å²) in [6.07, 6.45) is 5.14. The van der Waals surface area contributed by atoms with E-state index in [1.165, 1.54) is 6.92 Å². The molecule has 20 heavy (non-hydrogen) atoms. The number of halogens is 3. The van der Waals surface area contributed by atoms with Gasteiger partial charge in [0.1, 0.15) is 0 Å². The third kappa shape index (κ3) is 2.74. The minimum Gasteiger partial charge on any atom is -0.369 e. The molecule has 0 heterocycles. The monoisotopic (exact) mass is 313 g/mol. The van der Waals surface area contributed by atoms with Crippen LogP contribution in [0.1, 0.15) is 18.9 Å². The van der Waals surface area contributed by atoms with E-state index in [9.17, 15) is 4.79 Å². The van der Waals surface area contributed by atoms with Crippen molar-refractivity contribution in [2.75, 3.05) is 0 Å². The van der Waals surface area contributed by atoms with Crippen LogP contribution in [0.3, 0.4) is 0 Å². The number of carbonyl (C=O) groups excluding carboxylic acids is 1. The summed E-state index contributed by atoms with van der Waals surface area (Å²) in [5, 5.41) is 0.828. The van der Waals surface area contributed by atoms with Crippen LogP contribution in [-0.2, 0) is 4.79 Å². The van der Waals surface area contributed by atoms with Crippen LogP contribution in [0.2, 0.25) is 10.0 Å². The van der Waals surface area contributed by atoms with Gasteiger partial charge in [-0.15, -0.1) is 0 Å². The minimum atomic E-state index is -1.85. The number of nitrogens with two attached hydrogens (primary N) is 1. The molecule has 0 bridgehead atoms. The number of carbonyl (C=O) groups is 1. The largest absolute Gasteiger partial charge is 0.369 e. The summed E-state index contributed by atoms with van der Waals surface area (Å²) in [4.78, 5) is 11.4. The van der Waals surface area contributed by atoms with Crippen LogP contribution < -0.4 is 5.73 Å². The first-order valence-electron chi connectivity index (χ1n) is 6.16. The first kappa shape index (κ1) is 15.1. The average molecular weight is 314 g/mol. The predicted octanol–water partition coefficient (Wildman–Crippen LogP) is 4.17. The number of alkyl halides is 1. The third-order valence-corrected chi connectivity index (χ3v) is 3.98. The number of allylic oxidation sites excluding steroid dienone is 4. The lowest BCUT2D eigenvalue weighted by atomic mass is 9.75. The Hall–Kier alpha value is -1.32. The van der Waals surface area contributed by atoms with Gasteiger partial charge in [0.2, 0.25) is 5.91 Å². The molecule has 2 atom stereocenters. The van der Waals surface area contributed by atoms with E-state index in [4.69, 9.17) is 28.9 Å². The summed E-state index contributed by atoms with van der Waals surface area (Å²) >= 11 is 11.9. The smallest absolute Gasteiger partial charge is 0.223 e. The van der Waals surface area contributed by atoms with E-state index in [0.29, 0.717) is 21.2 Å². The molecular weight excluding hydrogens is 300 g/mol. The second-order valence-corrected chi connectivity index (χ2v) is 5.73. The van der Waals surface area contributed by atoms with E-state index in [1.807, 2.05) is 0 Å². The number of primary amides is 1. The summed E-state index contributed by atoms with van der Waals surface area (Å²) in [7, 11) is 0. The van der Waals surface area contributed by atoms with E-state index >= 15 is 4.39 Å². The molecule has 2 unspecified atom stereocenters. The fourth-order valence-corrected chi connectivity index (χ4v) is 2.86. The molecule has 1 aromatic rings. The summed E-state index contributed by atoms with van der Waals surface area (Å²) in [6.45, 7) is 1.49. The van der Waals surface area contributed by atoms with E-state index in [-0.39, 0.29) is 6.42 Å². The lowest BCUT2D eigenvalue weighted by Gasteiger charge is -2.33. The van der Waals surface area contributed by atoms with Crippen LogP contribution in [0.15, 0.2) is 36.4 Å². The maximum Gasteiger partial charge on any atom is 0.223 e. The van der Waals surface area contributed by atoms with Gasteiger partial charge in [-0.2, -0.15) is 0 Å². The maximum absolute atomic E-state index is 15.3. The molecule has 0 fully saturated rings. The van der Waals surface area contributed by atoms with Gasteiger partial charge in [0, 0.05) is 16.5 Å². The maximum atomic E-state index is 15.3. The van der Waals surface area contributed by atoms with Crippen LogP contribution >= 0.6 is 23.2 Å². The molecule has 0 radical (unpaired) electrons. The molecular formula is C15H14Cl2FNO. The molecule has 2 N–H and O–H groups in total. The normalized spacial score (nSPS) is 23.3. The number of amides is 1. The first-order valence-corrected chi connectivity index (χ1v) is 6.92. The predicted molar refractivity (Wildman–Crippen MR) is 80.4 cm³/mol. The molecule has 0 spiro atoms. The Bertz CT molecular complexity index is 592. The van der Waals surface area contributed by atoms with Crippen LogP contribution in [0.5, 0.6) is 0 Å². The minimum absolute atomic E-state index is 0.0903. The van der Waals surface area contributed by atoms with Crippen molar-refractivity contribution in [1.29, 1.82) is 0 Å². The van der Waals surface area contributed by atoms with Crippen LogP contribution in [0, 0.1) is 5.92 Å². The molecule has 1 aliphatic carbocycles. The van der Waals surface area contributed by atoms with Crippen molar-refractivity contribution in [3.8, 4) is 0 Å². The molecule has 2 nitrogen and oxygen atoms in total. The molecule has 5 heteroatoms. The van der Waals surface area contributed by atoms with Crippen molar-refractivity contribution in [1.82, 2.24) is 0 Å². The molecule has 1 aliphatic rings. The highest BCUT2D eigenvalue weighted by atomic mass is 35.5. The summed E-state index contributed by atoms with van der Waals surface area (Å²) in [5.74, 6) is -1.63. The number of hydrogen-bond donors (Lipinski definition) is 1. The zero-order valence-corrected chi connectivity index (χ0v) is 12.4. The molecule has 2 rings (SSSR count). The SMILES string of the molecule is CC(C(N)=O)C1(F)CC=CC=C1c1cc(Cl)cc(Cl)c1. The van der Waals surface area contributed by atoms with Crippen molar-refractivity contribution in [3.63, 3.8) is 0 Å². The van der Waals surface area contributed by atoms with Gasteiger partial charge in [0.25, 0.3) is 0 Å². The van der Waals surface area contributed by atoms with Crippen LogP contribution in [0.25, 0.3) is 5.57 Å².